The number of halogens is 1. The van der Waals surface area contributed by atoms with Crippen LogP contribution in [-0.4, -0.2) is 22.7 Å². The van der Waals surface area contributed by atoms with Crippen LogP contribution in [0.4, 0.5) is 0 Å². The van der Waals surface area contributed by atoms with Gasteiger partial charge in [0.1, 0.15) is 0 Å². The molecule has 0 saturated carbocycles. The molecule has 3 rings (SSSR count). The molecule has 0 aliphatic heterocycles. The summed E-state index contributed by atoms with van der Waals surface area (Å²) < 4.78 is 6.75. The van der Waals surface area contributed by atoms with E-state index in [1.165, 1.54) is 17.3 Å². The lowest BCUT2D eigenvalue weighted by Gasteiger charge is -2.10. The van der Waals surface area contributed by atoms with Gasteiger partial charge in [-0.3, -0.25) is 4.79 Å². The highest BCUT2D eigenvalue weighted by atomic mass is 79.9. The predicted octanol–water partition coefficient (Wildman–Crippen LogP) is 4.94. The van der Waals surface area contributed by atoms with Crippen molar-refractivity contribution in [2.75, 3.05) is 6.54 Å². The minimum Gasteiger partial charge on any atom is -0.431 e. The van der Waals surface area contributed by atoms with E-state index in [-0.39, 0.29) is 11.2 Å². The Morgan fingerprint density at radius 1 is 1.23 bits per heavy atom. The second-order valence-electron chi connectivity index (χ2n) is 5.79. The van der Waals surface area contributed by atoms with Crippen LogP contribution in [-0.2, 0) is 11.2 Å². The molecule has 4 nitrogen and oxygen atoms in total. The van der Waals surface area contributed by atoms with Gasteiger partial charge in [0.25, 0.3) is 5.22 Å². The lowest BCUT2D eigenvalue weighted by molar-refractivity contribution is -0.120. The molecule has 0 radical (unpaired) electrons. The summed E-state index contributed by atoms with van der Waals surface area (Å²) >= 11 is 4.76. The molecule has 6 heteroatoms. The molecular weight excluding hydrogens is 412 g/mol. The van der Waals surface area contributed by atoms with Crippen molar-refractivity contribution in [1.29, 1.82) is 0 Å². The highest BCUT2D eigenvalue weighted by molar-refractivity contribution is 9.10. The number of rotatable bonds is 7. The molecule has 1 N–H and O–H groups in total. The van der Waals surface area contributed by atoms with Crippen LogP contribution in [0.15, 0.2) is 74.9 Å². The molecule has 0 spiro atoms. The Morgan fingerprint density at radius 3 is 2.81 bits per heavy atom. The summed E-state index contributed by atoms with van der Waals surface area (Å²) in [6, 6.07) is 17.9. The number of aromatic nitrogens is 1. The molecule has 134 valence electrons. The molecule has 1 heterocycles. The van der Waals surface area contributed by atoms with Gasteiger partial charge in [-0.1, -0.05) is 70.2 Å². The van der Waals surface area contributed by atoms with E-state index in [1.807, 2.05) is 49.4 Å². The zero-order valence-electron chi connectivity index (χ0n) is 14.3. The Morgan fingerprint density at radius 2 is 2.04 bits per heavy atom. The van der Waals surface area contributed by atoms with Gasteiger partial charge in [0.15, 0.2) is 5.76 Å². The van der Waals surface area contributed by atoms with Gasteiger partial charge in [-0.2, -0.15) is 0 Å². The monoisotopic (exact) mass is 430 g/mol. The second-order valence-corrected chi connectivity index (χ2v) is 8.00. The van der Waals surface area contributed by atoms with Gasteiger partial charge >= 0.3 is 0 Å². The van der Waals surface area contributed by atoms with Crippen LogP contribution in [0.3, 0.4) is 0 Å². The van der Waals surface area contributed by atoms with Crippen molar-refractivity contribution in [2.45, 2.75) is 23.8 Å². The minimum atomic E-state index is -0.278. The average molecular weight is 431 g/mol. The number of carbonyl (C=O) groups is 1. The maximum atomic E-state index is 12.3. The summed E-state index contributed by atoms with van der Waals surface area (Å²) in [5.74, 6) is 0.665. The summed E-state index contributed by atoms with van der Waals surface area (Å²) in [5, 5.41) is 3.18. The molecule has 26 heavy (non-hydrogen) atoms. The maximum absolute atomic E-state index is 12.3. The largest absolute Gasteiger partial charge is 0.431 e. The van der Waals surface area contributed by atoms with Gasteiger partial charge in [-0.05, 0) is 31.0 Å². The summed E-state index contributed by atoms with van der Waals surface area (Å²) in [6.45, 7) is 2.47. The maximum Gasteiger partial charge on any atom is 0.256 e. The van der Waals surface area contributed by atoms with E-state index in [0.717, 1.165) is 16.5 Å². The van der Waals surface area contributed by atoms with Gasteiger partial charge < -0.3 is 9.73 Å². The van der Waals surface area contributed by atoms with Crippen LogP contribution >= 0.6 is 27.7 Å². The summed E-state index contributed by atoms with van der Waals surface area (Å²) in [6.07, 6.45) is 2.50. The number of oxazole rings is 1. The molecule has 2 aromatic carbocycles. The van der Waals surface area contributed by atoms with Crippen LogP contribution in [0.2, 0.25) is 0 Å². The molecular formula is C20H19BrN2O2S. The fraction of sp³-hybridized carbons (Fsp3) is 0.200. The average Bonchev–Trinajstić information content (AvgIpc) is 3.11. The van der Waals surface area contributed by atoms with Crippen LogP contribution in [0.1, 0.15) is 12.5 Å². The number of hydrogen-bond acceptors (Lipinski definition) is 4. The number of thioether (sulfide) groups is 1. The molecule has 0 saturated heterocycles. The molecule has 0 aliphatic carbocycles. The van der Waals surface area contributed by atoms with Crippen LogP contribution < -0.4 is 5.32 Å². The van der Waals surface area contributed by atoms with Crippen molar-refractivity contribution in [3.8, 4) is 11.3 Å². The first-order chi connectivity index (χ1) is 12.6. The fourth-order valence-corrected chi connectivity index (χ4v) is 3.55. The van der Waals surface area contributed by atoms with Gasteiger partial charge in [-0.15, -0.1) is 0 Å². The van der Waals surface area contributed by atoms with Crippen LogP contribution in [0, 0.1) is 0 Å². The van der Waals surface area contributed by atoms with E-state index in [2.05, 4.69) is 38.4 Å². The van der Waals surface area contributed by atoms with Crippen molar-refractivity contribution >= 4 is 33.6 Å². The Balaban J connectivity index is 1.51. The highest BCUT2D eigenvalue weighted by Crippen LogP contribution is 2.29. The Labute approximate surface area is 165 Å². The number of benzene rings is 2. The zero-order valence-corrected chi connectivity index (χ0v) is 16.7. The lowest BCUT2D eigenvalue weighted by Crippen LogP contribution is -2.32. The van der Waals surface area contributed by atoms with Crippen LogP contribution in [0.25, 0.3) is 11.3 Å². The van der Waals surface area contributed by atoms with E-state index in [1.54, 1.807) is 6.20 Å². The van der Waals surface area contributed by atoms with Gasteiger partial charge in [0.05, 0.1) is 11.4 Å². The SMILES string of the molecule is C[C@@H](Sc1ncc(-c2cccc(Br)c2)o1)C(=O)NCCc1ccccc1. The standard InChI is InChI=1S/C20H19BrN2O2S/c1-14(19(24)22-11-10-15-6-3-2-4-7-15)26-20-23-13-18(25-20)16-8-5-9-17(21)12-16/h2-9,12-14H,10-11H2,1H3,(H,22,24)/t14-/m1/s1. The normalized spacial score (nSPS) is 11.9. The number of hydrogen-bond donors (Lipinski definition) is 1. The summed E-state index contributed by atoms with van der Waals surface area (Å²) in [4.78, 5) is 16.5. The molecule has 0 unspecified atom stereocenters. The molecule has 1 amide bonds. The first-order valence-electron chi connectivity index (χ1n) is 8.32. The van der Waals surface area contributed by atoms with Gasteiger partial charge in [0, 0.05) is 16.6 Å². The van der Waals surface area contributed by atoms with Crippen molar-refractivity contribution in [3.05, 3.63) is 70.8 Å². The van der Waals surface area contributed by atoms with Crippen molar-refractivity contribution in [2.24, 2.45) is 0 Å². The van der Waals surface area contributed by atoms with Gasteiger partial charge in [-0.25, -0.2) is 4.98 Å². The third-order valence-corrected chi connectivity index (χ3v) is 5.25. The second kappa shape index (κ2) is 9.05. The minimum absolute atomic E-state index is 0.0202. The van der Waals surface area contributed by atoms with E-state index in [9.17, 15) is 4.79 Å². The molecule has 3 aromatic rings. The Bertz CT molecular complexity index is 867. The van der Waals surface area contributed by atoms with E-state index in [0.29, 0.717) is 17.5 Å². The molecule has 0 aliphatic rings. The number of nitrogens with one attached hydrogen (secondary N) is 1. The fourth-order valence-electron chi connectivity index (χ4n) is 2.41. The molecule has 1 atom stereocenters. The first kappa shape index (κ1) is 18.7. The van der Waals surface area contributed by atoms with E-state index < -0.39 is 0 Å². The van der Waals surface area contributed by atoms with Crippen molar-refractivity contribution < 1.29 is 9.21 Å². The van der Waals surface area contributed by atoms with Crippen molar-refractivity contribution in [3.63, 3.8) is 0 Å². The summed E-state index contributed by atoms with van der Waals surface area (Å²) in [5.41, 5.74) is 2.15. The van der Waals surface area contributed by atoms with Gasteiger partial charge in [0.2, 0.25) is 5.91 Å². The third kappa shape index (κ3) is 5.22. The topological polar surface area (TPSA) is 55.1 Å². The van der Waals surface area contributed by atoms with E-state index in [4.69, 9.17) is 4.42 Å². The zero-order chi connectivity index (χ0) is 18.4. The van der Waals surface area contributed by atoms with Crippen molar-refractivity contribution in [1.82, 2.24) is 10.3 Å². The smallest absolute Gasteiger partial charge is 0.256 e. The quantitative estimate of drug-likeness (QED) is 0.539. The third-order valence-electron chi connectivity index (χ3n) is 3.80. The lowest BCUT2D eigenvalue weighted by atomic mass is 10.1. The Kier molecular flexibility index (Phi) is 6.52. The number of carbonyl (C=O) groups excluding carboxylic acids is 1. The number of nitrogens with zero attached hydrogens (tertiary/aromatic N) is 1. The first-order valence-corrected chi connectivity index (χ1v) is 9.99. The molecule has 0 bridgehead atoms. The summed E-state index contributed by atoms with van der Waals surface area (Å²) in [7, 11) is 0. The molecule has 1 aromatic heterocycles. The molecule has 0 fully saturated rings. The van der Waals surface area contributed by atoms with E-state index >= 15 is 0 Å². The predicted molar refractivity (Wildman–Crippen MR) is 108 cm³/mol. The number of amides is 1. The highest BCUT2D eigenvalue weighted by Gasteiger charge is 2.17. The Hall–Kier alpha value is -2.05. The van der Waals surface area contributed by atoms with Crippen LogP contribution in [0.5, 0.6) is 0 Å².